The minimum atomic E-state index is -0.322. The molecule has 1 atom stereocenters. The van der Waals surface area contributed by atoms with Gasteiger partial charge < -0.3 is 11.1 Å². The van der Waals surface area contributed by atoms with Gasteiger partial charge in [0.25, 0.3) is 0 Å². The van der Waals surface area contributed by atoms with Crippen molar-refractivity contribution in [1.29, 1.82) is 0 Å². The second-order valence-corrected chi connectivity index (χ2v) is 5.85. The predicted molar refractivity (Wildman–Crippen MR) is 88.2 cm³/mol. The molecular formula is C17H17FN2S. The summed E-state index contributed by atoms with van der Waals surface area (Å²) >= 11 is 5.01. The number of nitrogens with one attached hydrogen (secondary N) is 1. The zero-order chi connectivity index (χ0) is 14.8. The summed E-state index contributed by atoms with van der Waals surface area (Å²) in [5, 5.41) is 3.46. The first-order valence-electron chi connectivity index (χ1n) is 7.06. The minimum Gasteiger partial charge on any atom is -0.389 e. The Hall–Kier alpha value is -1.94. The van der Waals surface area contributed by atoms with E-state index in [1.165, 1.54) is 23.3 Å². The maximum Gasteiger partial charge on any atom is 0.124 e. The quantitative estimate of drug-likeness (QED) is 0.853. The molecule has 0 radical (unpaired) electrons. The molecule has 0 aliphatic heterocycles. The third-order valence-corrected chi connectivity index (χ3v) is 4.17. The van der Waals surface area contributed by atoms with Crippen LogP contribution in [0.5, 0.6) is 0 Å². The van der Waals surface area contributed by atoms with Crippen LogP contribution in [0.4, 0.5) is 10.1 Å². The first-order chi connectivity index (χ1) is 10.1. The van der Waals surface area contributed by atoms with Crippen molar-refractivity contribution in [1.82, 2.24) is 0 Å². The number of anilines is 1. The highest BCUT2D eigenvalue weighted by Gasteiger charge is 2.19. The Bertz CT molecular complexity index is 684. The summed E-state index contributed by atoms with van der Waals surface area (Å²) in [5.74, 6) is -0.322. The Morgan fingerprint density at radius 2 is 1.95 bits per heavy atom. The molecule has 1 aliphatic carbocycles. The molecule has 3 N–H and O–H groups in total. The summed E-state index contributed by atoms with van der Waals surface area (Å²) in [6.45, 7) is 0. The number of benzene rings is 2. The van der Waals surface area contributed by atoms with Crippen LogP contribution in [0.3, 0.4) is 0 Å². The van der Waals surface area contributed by atoms with Gasteiger partial charge in [-0.05, 0) is 48.6 Å². The second-order valence-electron chi connectivity index (χ2n) is 5.41. The third-order valence-electron chi connectivity index (χ3n) is 3.95. The van der Waals surface area contributed by atoms with Gasteiger partial charge in [0.2, 0.25) is 0 Å². The molecule has 2 aromatic carbocycles. The lowest BCUT2D eigenvalue weighted by molar-refractivity contribution is 0.609. The van der Waals surface area contributed by atoms with Crippen LogP contribution in [-0.4, -0.2) is 11.0 Å². The van der Waals surface area contributed by atoms with Crippen LogP contribution in [0.2, 0.25) is 0 Å². The van der Waals surface area contributed by atoms with E-state index in [4.69, 9.17) is 18.0 Å². The van der Waals surface area contributed by atoms with Crippen LogP contribution in [0.1, 0.15) is 23.1 Å². The fourth-order valence-electron chi connectivity index (χ4n) is 2.89. The van der Waals surface area contributed by atoms with Crippen LogP contribution in [0, 0.1) is 5.82 Å². The molecule has 0 saturated carbocycles. The van der Waals surface area contributed by atoms with Crippen molar-refractivity contribution in [3.63, 3.8) is 0 Å². The lowest BCUT2D eigenvalue weighted by Gasteiger charge is -2.27. The normalized spacial score (nSPS) is 17.1. The van der Waals surface area contributed by atoms with E-state index in [2.05, 4.69) is 29.6 Å². The Labute approximate surface area is 129 Å². The zero-order valence-corrected chi connectivity index (χ0v) is 12.4. The molecule has 108 valence electrons. The van der Waals surface area contributed by atoms with Crippen LogP contribution >= 0.6 is 12.2 Å². The molecule has 0 fully saturated rings. The number of fused-ring (bicyclic) bond motifs is 1. The van der Waals surface area contributed by atoms with Gasteiger partial charge in [0, 0.05) is 17.3 Å². The molecule has 1 aliphatic rings. The largest absolute Gasteiger partial charge is 0.389 e. The maximum absolute atomic E-state index is 13.3. The molecule has 3 rings (SSSR count). The molecule has 0 amide bonds. The monoisotopic (exact) mass is 300 g/mol. The molecule has 0 aromatic heterocycles. The van der Waals surface area contributed by atoms with Gasteiger partial charge in [-0.1, -0.05) is 36.5 Å². The van der Waals surface area contributed by atoms with Gasteiger partial charge in [0.15, 0.2) is 0 Å². The fraction of sp³-hybridized carbons (Fsp3) is 0.235. The average molecular weight is 300 g/mol. The van der Waals surface area contributed by atoms with Crippen LogP contribution in [0.25, 0.3) is 0 Å². The van der Waals surface area contributed by atoms with E-state index in [1.807, 2.05) is 0 Å². The standard InChI is InChI=1S/C17H17FN2S/c18-13-6-8-16(15(10-13)17(19)21)20-14-7-5-11-3-1-2-4-12(11)9-14/h1-4,6,8,10,14,20H,5,7,9H2,(H2,19,21). The summed E-state index contributed by atoms with van der Waals surface area (Å²) in [7, 11) is 0. The van der Waals surface area contributed by atoms with Crippen molar-refractivity contribution in [3.05, 3.63) is 65.0 Å². The van der Waals surface area contributed by atoms with E-state index in [9.17, 15) is 4.39 Å². The highest BCUT2D eigenvalue weighted by atomic mass is 32.1. The molecular weight excluding hydrogens is 283 g/mol. The van der Waals surface area contributed by atoms with E-state index in [0.717, 1.165) is 24.9 Å². The molecule has 1 unspecified atom stereocenters. The van der Waals surface area contributed by atoms with E-state index >= 15 is 0 Å². The number of rotatable bonds is 3. The maximum atomic E-state index is 13.3. The van der Waals surface area contributed by atoms with Gasteiger partial charge in [-0.15, -0.1) is 0 Å². The highest BCUT2D eigenvalue weighted by molar-refractivity contribution is 7.80. The van der Waals surface area contributed by atoms with Gasteiger partial charge in [0.05, 0.1) is 0 Å². The number of halogens is 1. The van der Waals surface area contributed by atoms with Gasteiger partial charge in [-0.25, -0.2) is 4.39 Å². The first-order valence-corrected chi connectivity index (χ1v) is 7.47. The Morgan fingerprint density at radius 1 is 1.19 bits per heavy atom. The average Bonchev–Trinajstić information content (AvgIpc) is 2.49. The van der Waals surface area contributed by atoms with Crippen molar-refractivity contribution >= 4 is 22.9 Å². The molecule has 4 heteroatoms. The van der Waals surface area contributed by atoms with E-state index < -0.39 is 0 Å². The lowest BCUT2D eigenvalue weighted by atomic mass is 9.88. The lowest BCUT2D eigenvalue weighted by Crippen LogP contribution is -2.28. The number of hydrogen-bond donors (Lipinski definition) is 2. The summed E-state index contributed by atoms with van der Waals surface area (Å²) in [6, 6.07) is 13.4. The molecule has 2 aromatic rings. The Kier molecular flexibility index (Phi) is 3.88. The molecule has 0 heterocycles. The molecule has 21 heavy (non-hydrogen) atoms. The van der Waals surface area contributed by atoms with Crippen molar-refractivity contribution in [2.75, 3.05) is 5.32 Å². The van der Waals surface area contributed by atoms with Gasteiger partial charge >= 0.3 is 0 Å². The predicted octanol–water partition coefficient (Wildman–Crippen LogP) is 3.43. The van der Waals surface area contributed by atoms with Crippen LogP contribution in [0.15, 0.2) is 42.5 Å². The minimum absolute atomic E-state index is 0.216. The third kappa shape index (κ3) is 3.05. The van der Waals surface area contributed by atoms with Crippen molar-refractivity contribution < 1.29 is 4.39 Å². The van der Waals surface area contributed by atoms with Gasteiger partial charge in [-0.3, -0.25) is 0 Å². The number of hydrogen-bond acceptors (Lipinski definition) is 2. The Morgan fingerprint density at radius 3 is 2.71 bits per heavy atom. The highest BCUT2D eigenvalue weighted by Crippen LogP contribution is 2.25. The Balaban J connectivity index is 1.81. The van der Waals surface area contributed by atoms with Crippen molar-refractivity contribution in [3.8, 4) is 0 Å². The molecule has 0 bridgehead atoms. The molecule has 2 nitrogen and oxygen atoms in total. The fourth-order valence-corrected chi connectivity index (χ4v) is 3.06. The smallest absolute Gasteiger partial charge is 0.124 e. The van der Waals surface area contributed by atoms with E-state index in [1.54, 1.807) is 6.07 Å². The van der Waals surface area contributed by atoms with Crippen molar-refractivity contribution in [2.24, 2.45) is 5.73 Å². The SMILES string of the molecule is NC(=S)c1cc(F)ccc1NC1CCc2ccccc2C1. The van der Waals surface area contributed by atoms with Gasteiger partial charge in [-0.2, -0.15) is 0 Å². The number of aryl methyl sites for hydroxylation is 1. The van der Waals surface area contributed by atoms with Crippen LogP contribution in [-0.2, 0) is 12.8 Å². The summed E-state index contributed by atoms with van der Waals surface area (Å²) in [4.78, 5) is 0.216. The van der Waals surface area contributed by atoms with Crippen molar-refractivity contribution in [2.45, 2.75) is 25.3 Å². The zero-order valence-electron chi connectivity index (χ0n) is 11.6. The summed E-state index contributed by atoms with van der Waals surface area (Å²) in [5.41, 5.74) is 9.87. The van der Waals surface area contributed by atoms with Crippen LogP contribution < -0.4 is 11.1 Å². The van der Waals surface area contributed by atoms with Gasteiger partial charge in [0.1, 0.15) is 10.8 Å². The van der Waals surface area contributed by atoms with E-state index in [-0.39, 0.29) is 10.8 Å². The topological polar surface area (TPSA) is 38.0 Å². The first kappa shape index (κ1) is 14.0. The van der Waals surface area contributed by atoms with E-state index in [0.29, 0.717) is 11.6 Å². The number of thiocarbonyl (C=S) groups is 1. The molecule has 0 spiro atoms. The second kappa shape index (κ2) is 5.82. The summed E-state index contributed by atoms with van der Waals surface area (Å²) < 4.78 is 13.3. The summed E-state index contributed by atoms with van der Waals surface area (Å²) in [6.07, 6.45) is 3.06. The molecule has 0 saturated heterocycles. The number of nitrogens with two attached hydrogens (primary N) is 1.